The van der Waals surface area contributed by atoms with Gasteiger partial charge < -0.3 is 10.1 Å². The molecule has 9 heteroatoms. The van der Waals surface area contributed by atoms with E-state index in [0.29, 0.717) is 28.7 Å². The number of hydrogen-bond donors (Lipinski definition) is 2. The van der Waals surface area contributed by atoms with Gasteiger partial charge in [-0.05, 0) is 24.6 Å². The summed E-state index contributed by atoms with van der Waals surface area (Å²) in [5, 5.41) is 4.84. The molecule has 0 aliphatic carbocycles. The molecule has 1 aliphatic heterocycles. The Morgan fingerprint density at radius 2 is 2.25 bits per heavy atom. The minimum atomic E-state index is -3.37. The topological polar surface area (TPSA) is 97.4 Å². The molecule has 0 radical (unpaired) electrons. The minimum Gasteiger partial charge on any atom is -0.482 e. The molecule has 0 unspecified atom stereocenters. The maximum Gasteiger partial charge on any atom is 0.262 e. The molecule has 0 bridgehead atoms. The standard InChI is InChI=1S/C15H17N3O4S2/c1-2-3-6-24(20,21)18-15-17-12(9-23-15)10-4-5-13-11(7-10)16-14(19)8-22-13/h4-5,7,9H,2-3,6,8H2,1H3,(H,16,19)(H,17,18). The van der Waals surface area contributed by atoms with Crippen molar-refractivity contribution in [1.82, 2.24) is 4.98 Å². The molecule has 0 fully saturated rings. The Balaban J connectivity index is 1.78. The van der Waals surface area contributed by atoms with E-state index >= 15 is 0 Å². The second-order valence-corrected chi connectivity index (χ2v) is 8.06. The van der Waals surface area contributed by atoms with Crippen molar-refractivity contribution in [3.05, 3.63) is 23.6 Å². The number of hydrogen-bond acceptors (Lipinski definition) is 6. The first-order valence-corrected chi connectivity index (χ1v) is 10.0. The maximum atomic E-state index is 11.9. The van der Waals surface area contributed by atoms with Crippen LogP contribution in [0.4, 0.5) is 10.8 Å². The minimum absolute atomic E-state index is 0.00668. The van der Waals surface area contributed by atoms with Crippen LogP contribution in [0.15, 0.2) is 23.6 Å². The Morgan fingerprint density at radius 1 is 1.42 bits per heavy atom. The molecular weight excluding hydrogens is 350 g/mol. The number of aromatic nitrogens is 1. The summed E-state index contributed by atoms with van der Waals surface area (Å²) in [6.45, 7) is 1.95. The average Bonchev–Trinajstić information content (AvgIpc) is 3.00. The van der Waals surface area contributed by atoms with E-state index in [1.165, 1.54) is 11.3 Å². The fourth-order valence-corrected chi connectivity index (χ4v) is 4.43. The van der Waals surface area contributed by atoms with Gasteiger partial charge in [-0.25, -0.2) is 13.4 Å². The normalized spacial score (nSPS) is 13.8. The van der Waals surface area contributed by atoms with E-state index in [1.54, 1.807) is 17.5 Å². The molecular formula is C15H17N3O4S2. The fourth-order valence-electron chi connectivity index (χ4n) is 2.21. The fraction of sp³-hybridized carbons (Fsp3) is 0.333. The lowest BCUT2D eigenvalue weighted by molar-refractivity contribution is -0.118. The molecule has 7 nitrogen and oxygen atoms in total. The summed E-state index contributed by atoms with van der Waals surface area (Å²) in [4.78, 5) is 15.7. The lowest BCUT2D eigenvalue weighted by atomic mass is 10.1. The number of fused-ring (bicyclic) bond motifs is 1. The van der Waals surface area contributed by atoms with Crippen molar-refractivity contribution in [1.29, 1.82) is 0 Å². The summed E-state index contributed by atoms with van der Waals surface area (Å²) in [6.07, 6.45) is 1.42. The quantitative estimate of drug-likeness (QED) is 0.818. The van der Waals surface area contributed by atoms with Crippen molar-refractivity contribution in [2.24, 2.45) is 0 Å². The van der Waals surface area contributed by atoms with Crippen molar-refractivity contribution in [2.45, 2.75) is 19.8 Å². The Morgan fingerprint density at radius 3 is 3.04 bits per heavy atom. The highest BCUT2D eigenvalue weighted by atomic mass is 32.2. The van der Waals surface area contributed by atoms with Crippen molar-refractivity contribution >= 4 is 38.1 Å². The van der Waals surface area contributed by atoms with Gasteiger partial charge >= 0.3 is 0 Å². The largest absolute Gasteiger partial charge is 0.482 e. The second-order valence-electron chi connectivity index (χ2n) is 5.36. The summed E-state index contributed by atoms with van der Waals surface area (Å²) >= 11 is 1.22. The van der Waals surface area contributed by atoms with E-state index in [2.05, 4.69) is 15.0 Å². The number of rotatable bonds is 6. The van der Waals surface area contributed by atoms with E-state index in [0.717, 1.165) is 12.0 Å². The Bertz CT molecular complexity index is 861. The molecule has 0 saturated heterocycles. The highest BCUT2D eigenvalue weighted by molar-refractivity contribution is 7.92. The molecule has 2 heterocycles. The molecule has 128 valence electrons. The van der Waals surface area contributed by atoms with Crippen LogP contribution in [0.3, 0.4) is 0 Å². The van der Waals surface area contributed by atoms with E-state index < -0.39 is 10.0 Å². The number of amides is 1. The Hall–Kier alpha value is -2.13. The first-order chi connectivity index (χ1) is 11.5. The number of carbonyl (C=O) groups is 1. The van der Waals surface area contributed by atoms with E-state index in [9.17, 15) is 13.2 Å². The summed E-state index contributed by atoms with van der Waals surface area (Å²) in [5.41, 5.74) is 1.99. The van der Waals surface area contributed by atoms with Crippen LogP contribution < -0.4 is 14.8 Å². The van der Waals surface area contributed by atoms with Gasteiger partial charge in [-0.2, -0.15) is 0 Å². The highest BCUT2D eigenvalue weighted by Gasteiger charge is 2.18. The number of sulfonamides is 1. The van der Waals surface area contributed by atoms with Gasteiger partial charge in [0.05, 0.1) is 17.1 Å². The summed E-state index contributed by atoms with van der Waals surface area (Å²) in [6, 6.07) is 5.34. The third-order valence-corrected chi connectivity index (χ3v) is 5.64. The molecule has 2 aromatic rings. The van der Waals surface area contributed by atoms with Crippen LogP contribution in [0.1, 0.15) is 19.8 Å². The molecule has 2 N–H and O–H groups in total. The molecule has 1 aliphatic rings. The highest BCUT2D eigenvalue weighted by Crippen LogP contribution is 2.33. The van der Waals surface area contributed by atoms with Gasteiger partial charge in [0.15, 0.2) is 11.7 Å². The summed E-state index contributed by atoms with van der Waals surface area (Å²) < 4.78 is 31.7. The number of nitrogens with zero attached hydrogens (tertiary/aromatic N) is 1. The third-order valence-electron chi connectivity index (χ3n) is 3.42. The van der Waals surface area contributed by atoms with Gasteiger partial charge in [0.1, 0.15) is 5.75 Å². The van der Waals surface area contributed by atoms with Gasteiger partial charge in [0.25, 0.3) is 5.91 Å². The van der Waals surface area contributed by atoms with Gasteiger partial charge in [-0.15, -0.1) is 11.3 Å². The van der Waals surface area contributed by atoms with Crippen LogP contribution in [-0.2, 0) is 14.8 Å². The lowest BCUT2D eigenvalue weighted by Crippen LogP contribution is -2.25. The first-order valence-electron chi connectivity index (χ1n) is 7.50. The van der Waals surface area contributed by atoms with Gasteiger partial charge in [-0.3, -0.25) is 9.52 Å². The molecule has 24 heavy (non-hydrogen) atoms. The number of benzene rings is 1. The van der Waals surface area contributed by atoms with E-state index in [4.69, 9.17) is 4.74 Å². The van der Waals surface area contributed by atoms with Crippen LogP contribution in [-0.4, -0.2) is 31.7 Å². The molecule has 0 atom stereocenters. The number of nitrogens with one attached hydrogen (secondary N) is 2. The average molecular weight is 367 g/mol. The molecule has 1 amide bonds. The molecule has 0 saturated carbocycles. The van der Waals surface area contributed by atoms with Crippen molar-refractivity contribution in [2.75, 3.05) is 22.4 Å². The van der Waals surface area contributed by atoms with Crippen molar-refractivity contribution in [3.63, 3.8) is 0 Å². The molecule has 1 aromatic heterocycles. The predicted molar refractivity (Wildman–Crippen MR) is 94.0 cm³/mol. The van der Waals surface area contributed by atoms with Crippen molar-refractivity contribution < 1.29 is 17.9 Å². The van der Waals surface area contributed by atoms with Crippen LogP contribution >= 0.6 is 11.3 Å². The van der Waals surface area contributed by atoms with E-state index in [1.807, 2.05) is 13.0 Å². The Labute approximate surface area is 144 Å². The van der Waals surface area contributed by atoms with Crippen molar-refractivity contribution in [3.8, 4) is 17.0 Å². The molecule has 0 spiro atoms. The van der Waals surface area contributed by atoms with Crippen LogP contribution in [0.5, 0.6) is 5.75 Å². The summed E-state index contributed by atoms with van der Waals surface area (Å²) in [5.74, 6) is 0.483. The maximum absolute atomic E-state index is 11.9. The van der Waals surface area contributed by atoms with Crippen LogP contribution in [0.25, 0.3) is 11.3 Å². The van der Waals surface area contributed by atoms with Gasteiger partial charge in [0.2, 0.25) is 10.0 Å². The number of ether oxygens (including phenoxy) is 1. The zero-order valence-electron chi connectivity index (χ0n) is 13.0. The smallest absolute Gasteiger partial charge is 0.262 e. The SMILES string of the molecule is CCCCS(=O)(=O)Nc1nc(-c2ccc3c(c2)NC(=O)CO3)cs1. The first kappa shape index (κ1) is 16.7. The zero-order valence-corrected chi connectivity index (χ0v) is 14.7. The zero-order chi connectivity index (χ0) is 17.2. The lowest BCUT2D eigenvalue weighted by Gasteiger charge is -2.18. The van der Waals surface area contributed by atoms with Crippen LogP contribution in [0, 0.1) is 0 Å². The molecule has 1 aromatic carbocycles. The van der Waals surface area contributed by atoms with E-state index in [-0.39, 0.29) is 18.3 Å². The number of carbonyl (C=O) groups excluding carboxylic acids is 1. The molecule has 3 rings (SSSR count). The van der Waals surface area contributed by atoms with Crippen LogP contribution in [0.2, 0.25) is 0 Å². The Kier molecular flexibility index (Phi) is 4.72. The van der Waals surface area contributed by atoms with Gasteiger partial charge in [0, 0.05) is 10.9 Å². The number of unbranched alkanes of at least 4 members (excludes halogenated alkanes) is 1. The third kappa shape index (κ3) is 3.85. The number of thiazole rings is 1. The van der Waals surface area contributed by atoms with Gasteiger partial charge in [-0.1, -0.05) is 13.3 Å². The monoisotopic (exact) mass is 367 g/mol. The number of anilines is 2. The second kappa shape index (κ2) is 6.78. The predicted octanol–water partition coefficient (Wildman–Crippen LogP) is 2.68. The summed E-state index contributed by atoms with van der Waals surface area (Å²) in [7, 11) is -3.37.